The van der Waals surface area contributed by atoms with Crippen LogP contribution in [0, 0.1) is 6.92 Å². The Morgan fingerprint density at radius 2 is 1.83 bits per heavy atom. The van der Waals surface area contributed by atoms with E-state index in [0.717, 1.165) is 27.3 Å². The summed E-state index contributed by atoms with van der Waals surface area (Å²) in [6.07, 6.45) is 2.13. The number of rotatable bonds is 4. The first-order valence-electron chi connectivity index (χ1n) is 11.1. The van der Waals surface area contributed by atoms with Gasteiger partial charge in [0.15, 0.2) is 0 Å². The van der Waals surface area contributed by atoms with E-state index in [4.69, 9.17) is 11.6 Å². The summed E-state index contributed by atoms with van der Waals surface area (Å²) in [7, 11) is 0. The van der Waals surface area contributed by atoms with Crippen LogP contribution in [0.5, 0.6) is 0 Å². The minimum Gasteiger partial charge on any atom is -0.477 e. The first kappa shape index (κ1) is 23.7. The molecule has 4 aromatic rings. The number of aryl methyl sites for hydroxylation is 1. The zero-order chi connectivity index (χ0) is 25.4. The Hall–Kier alpha value is -4.01. The maximum atomic E-state index is 13.5. The van der Waals surface area contributed by atoms with Gasteiger partial charge in [-0.05, 0) is 66.9 Å². The van der Waals surface area contributed by atoms with Gasteiger partial charge >= 0.3 is 5.97 Å². The first-order valence-corrected chi connectivity index (χ1v) is 12.3. The molecule has 36 heavy (non-hydrogen) atoms. The summed E-state index contributed by atoms with van der Waals surface area (Å²) in [6, 6.07) is 17.5. The van der Waals surface area contributed by atoms with Gasteiger partial charge in [-0.2, -0.15) is 0 Å². The fourth-order valence-electron chi connectivity index (χ4n) is 4.17. The van der Waals surface area contributed by atoms with E-state index in [0.29, 0.717) is 24.2 Å². The van der Waals surface area contributed by atoms with E-state index in [9.17, 15) is 19.5 Å². The van der Waals surface area contributed by atoms with Gasteiger partial charge in [0.05, 0.1) is 11.3 Å². The third kappa shape index (κ3) is 4.48. The fourth-order valence-corrected chi connectivity index (χ4v) is 5.45. The van der Waals surface area contributed by atoms with Gasteiger partial charge in [-0.25, -0.2) is 9.78 Å². The van der Waals surface area contributed by atoms with Crippen molar-refractivity contribution >= 4 is 52.1 Å². The molecule has 1 aliphatic rings. The number of hydrogen-bond donors (Lipinski definition) is 2. The highest BCUT2D eigenvalue weighted by Crippen LogP contribution is 2.41. The van der Waals surface area contributed by atoms with E-state index in [1.807, 2.05) is 31.2 Å². The summed E-state index contributed by atoms with van der Waals surface area (Å²) in [5.74, 6) is -1.52. The van der Waals surface area contributed by atoms with Crippen LogP contribution in [0.25, 0.3) is 10.4 Å². The van der Waals surface area contributed by atoms with Crippen molar-refractivity contribution in [2.75, 3.05) is 16.8 Å². The number of carbonyl (C=O) groups is 3. The Morgan fingerprint density at radius 1 is 1.08 bits per heavy atom. The largest absolute Gasteiger partial charge is 0.477 e. The summed E-state index contributed by atoms with van der Waals surface area (Å²) in [5, 5.41) is 12.3. The SMILES string of the molecule is Cc1cnc(Cl)c(C(=O)Nc2ccc(C(=O)N3CCc4cc(C(=O)O)sc4-c4ccccc43)cc2)c1. The molecular formula is C27H20ClN3O4S. The molecule has 5 rings (SSSR count). The second-order valence-electron chi connectivity index (χ2n) is 8.38. The minimum atomic E-state index is -0.952. The Kier molecular flexibility index (Phi) is 6.30. The predicted molar refractivity (Wildman–Crippen MR) is 140 cm³/mol. The summed E-state index contributed by atoms with van der Waals surface area (Å²) < 4.78 is 0. The van der Waals surface area contributed by atoms with Crippen LogP contribution in [0.2, 0.25) is 5.15 Å². The van der Waals surface area contributed by atoms with E-state index < -0.39 is 5.97 Å². The number of aromatic nitrogens is 1. The summed E-state index contributed by atoms with van der Waals surface area (Å²) in [4.78, 5) is 44.5. The van der Waals surface area contributed by atoms with E-state index >= 15 is 0 Å². The predicted octanol–water partition coefficient (Wildman–Crippen LogP) is 5.93. The number of carbonyl (C=O) groups excluding carboxylic acids is 2. The molecule has 9 heteroatoms. The molecule has 0 saturated heterocycles. The van der Waals surface area contributed by atoms with Crippen molar-refractivity contribution in [3.63, 3.8) is 0 Å². The number of amides is 2. The van der Waals surface area contributed by atoms with Crippen molar-refractivity contribution < 1.29 is 19.5 Å². The topological polar surface area (TPSA) is 99.6 Å². The second kappa shape index (κ2) is 9.56. The minimum absolute atomic E-state index is 0.119. The van der Waals surface area contributed by atoms with E-state index in [2.05, 4.69) is 10.3 Å². The summed E-state index contributed by atoms with van der Waals surface area (Å²) >= 11 is 7.29. The van der Waals surface area contributed by atoms with Gasteiger partial charge in [0.1, 0.15) is 10.0 Å². The average Bonchev–Trinajstić information content (AvgIpc) is 3.24. The number of nitrogens with zero attached hydrogens (tertiary/aromatic N) is 2. The average molecular weight is 518 g/mol. The molecular weight excluding hydrogens is 498 g/mol. The van der Waals surface area contributed by atoms with Crippen LogP contribution in [0.4, 0.5) is 11.4 Å². The number of hydrogen-bond acceptors (Lipinski definition) is 5. The number of carboxylic acid groups (broad SMARTS) is 1. The number of para-hydroxylation sites is 1. The Bertz CT molecular complexity index is 1510. The molecule has 7 nitrogen and oxygen atoms in total. The van der Waals surface area contributed by atoms with E-state index in [1.165, 1.54) is 11.3 Å². The number of anilines is 2. The van der Waals surface area contributed by atoms with Crippen LogP contribution < -0.4 is 10.2 Å². The third-order valence-corrected chi connectivity index (χ3v) is 7.42. The zero-order valence-corrected chi connectivity index (χ0v) is 20.7. The van der Waals surface area contributed by atoms with Crippen LogP contribution in [0.3, 0.4) is 0 Å². The highest BCUT2D eigenvalue weighted by Gasteiger charge is 2.27. The van der Waals surface area contributed by atoms with Crippen molar-refractivity contribution in [3.8, 4) is 10.4 Å². The highest BCUT2D eigenvalue weighted by atomic mass is 35.5. The van der Waals surface area contributed by atoms with Crippen molar-refractivity contribution in [1.82, 2.24) is 4.98 Å². The van der Waals surface area contributed by atoms with Crippen molar-refractivity contribution in [2.45, 2.75) is 13.3 Å². The van der Waals surface area contributed by atoms with Crippen LogP contribution in [0.1, 0.15) is 41.5 Å². The second-order valence-corrected chi connectivity index (χ2v) is 9.79. The zero-order valence-electron chi connectivity index (χ0n) is 19.1. The number of halogens is 1. The Labute approximate surface area is 216 Å². The molecule has 2 aromatic carbocycles. The molecule has 3 heterocycles. The van der Waals surface area contributed by atoms with Gasteiger partial charge in [0, 0.05) is 34.4 Å². The highest BCUT2D eigenvalue weighted by molar-refractivity contribution is 7.17. The first-order chi connectivity index (χ1) is 17.3. The molecule has 0 spiro atoms. The smallest absolute Gasteiger partial charge is 0.345 e. The number of fused-ring (bicyclic) bond motifs is 3. The molecule has 180 valence electrons. The van der Waals surface area contributed by atoms with Gasteiger partial charge < -0.3 is 15.3 Å². The number of thiophene rings is 1. The summed E-state index contributed by atoms with van der Waals surface area (Å²) in [6.45, 7) is 2.24. The lowest BCUT2D eigenvalue weighted by atomic mass is 10.1. The molecule has 0 radical (unpaired) electrons. The lowest BCUT2D eigenvalue weighted by molar-refractivity contribution is 0.0701. The maximum absolute atomic E-state index is 13.5. The lowest BCUT2D eigenvalue weighted by Gasteiger charge is -2.23. The van der Waals surface area contributed by atoms with Crippen molar-refractivity contribution in [2.24, 2.45) is 0 Å². The van der Waals surface area contributed by atoms with E-state index in [1.54, 1.807) is 47.5 Å². The van der Waals surface area contributed by atoms with Crippen molar-refractivity contribution in [3.05, 3.63) is 99.1 Å². The van der Waals surface area contributed by atoms with Crippen LogP contribution in [0.15, 0.2) is 66.9 Å². The molecule has 0 atom stereocenters. The standard InChI is InChI=1S/C27H20ClN3O4S/c1-15-12-20(24(28)29-14-15)25(32)30-18-8-6-16(7-9-18)26(33)31-11-10-17-13-22(27(34)35)36-23(17)19-4-2-3-5-21(19)31/h2-9,12-14H,10-11H2,1H3,(H,30,32)(H,34,35). The Morgan fingerprint density at radius 3 is 2.58 bits per heavy atom. The summed E-state index contributed by atoms with van der Waals surface area (Å²) in [5.41, 5.74) is 4.57. The van der Waals surface area contributed by atoms with Gasteiger partial charge in [-0.3, -0.25) is 9.59 Å². The molecule has 0 fully saturated rings. The monoisotopic (exact) mass is 517 g/mol. The molecule has 2 N–H and O–H groups in total. The molecule has 0 aliphatic carbocycles. The molecule has 2 aromatic heterocycles. The van der Waals surface area contributed by atoms with E-state index in [-0.39, 0.29) is 27.4 Å². The van der Waals surface area contributed by atoms with Crippen LogP contribution >= 0.6 is 22.9 Å². The van der Waals surface area contributed by atoms with Gasteiger partial charge in [0.25, 0.3) is 11.8 Å². The number of carboxylic acids is 1. The maximum Gasteiger partial charge on any atom is 0.345 e. The molecule has 1 aliphatic heterocycles. The van der Waals surface area contributed by atoms with Gasteiger partial charge in [-0.1, -0.05) is 29.8 Å². The number of pyridine rings is 1. The molecule has 2 amide bonds. The van der Waals surface area contributed by atoms with Crippen LogP contribution in [-0.4, -0.2) is 34.4 Å². The normalized spacial score (nSPS) is 12.3. The molecule has 0 unspecified atom stereocenters. The molecule has 0 bridgehead atoms. The number of benzene rings is 2. The van der Waals surface area contributed by atoms with Crippen LogP contribution in [-0.2, 0) is 6.42 Å². The lowest BCUT2D eigenvalue weighted by Crippen LogP contribution is -2.32. The van der Waals surface area contributed by atoms with Gasteiger partial charge in [-0.15, -0.1) is 11.3 Å². The molecule has 0 saturated carbocycles. The Balaban J connectivity index is 1.39. The van der Waals surface area contributed by atoms with Crippen molar-refractivity contribution in [1.29, 1.82) is 0 Å². The third-order valence-electron chi connectivity index (χ3n) is 5.92. The fraction of sp³-hybridized carbons (Fsp3) is 0.111. The number of aromatic carboxylic acids is 1. The quantitative estimate of drug-likeness (QED) is 0.327. The van der Waals surface area contributed by atoms with Gasteiger partial charge in [0.2, 0.25) is 0 Å². The number of nitrogens with one attached hydrogen (secondary N) is 1.